The Bertz CT molecular complexity index is 735. The number of imide groups is 2. The van der Waals surface area contributed by atoms with Crippen molar-refractivity contribution in [2.75, 3.05) is 19.7 Å². The predicted molar refractivity (Wildman–Crippen MR) is 107 cm³/mol. The fourth-order valence-corrected chi connectivity index (χ4v) is 4.47. The van der Waals surface area contributed by atoms with Crippen LogP contribution in [-0.4, -0.2) is 60.0 Å². The third-order valence-corrected chi connectivity index (χ3v) is 5.20. The van der Waals surface area contributed by atoms with Gasteiger partial charge in [-0.25, -0.2) is 9.59 Å². The van der Waals surface area contributed by atoms with E-state index >= 15 is 0 Å². The SMILES string of the molecule is CC(C)CNC(=O)NC(=O)COC(=O)CN1C(=O)N[C@@]2(C[C@@H](C)CC(C)(C)C2)C1=O. The molecule has 0 radical (unpaired) electrons. The summed E-state index contributed by atoms with van der Waals surface area (Å²) in [5.74, 6) is -1.69. The fraction of sp³-hybridized carbons (Fsp3) is 0.750. The van der Waals surface area contributed by atoms with E-state index in [0.717, 1.165) is 11.3 Å². The van der Waals surface area contributed by atoms with Crippen LogP contribution < -0.4 is 16.0 Å². The molecule has 0 aromatic heterocycles. The van der Waals surface area contributed by atoms with Crippen molar-refractivity contribution in [3.63, 3.8) is 0 Å². The highest BCUT2D eigenvalue weighted by atomic mass is 16.5. The highest BCUT2D eigenvalue weighted by Gasteiger charge is 2.56. The first kappa shape index (κ1) is 23.6. The normalized spacial score (nSPS) is 25.3. The van der Waals surface area contributed by atoms with Crippen molar-refractivity contribution < 1.29 is 28.7 Å². The Labute approximate surface area is 176 Å². The van der Waals surface area contributed by atoms with E-state index < -0.39 is 48.5 Å². The van der Waals surface area contributed by atoms with Crippen molar-refractivity contribution in [2.45, 2.75) is 59.4 Å². The molecule has 1 heterocycles. The van der Waals surface area contributed by atoms with Crippen LogP contribution in [0, 0.1) is 17.3 Å². The average Bonchev–Trinajstić information content (AvgIpc) is 2.79. The van der Waals surface area contributed by atoms with E-state index in [9.17, 15) is 24.0 Å². The Morgan fingerprint density at radius 2 is 1.90 bits per heavy atom. The standard InChI is InChI=1S/C20H32N4O6/c1-12(2)8-21-17(28)22-14(25)10-30-15(26)9-24-16(27)20(23-18(24)29)7-13(3)6-19(4,5)11-20/h12-13H,6-11H2,1-5H3,(H,23,29)(H2,21,22,25,28)/t13-,20+/m0/s1. The predicted octanol–water partition coefficient (Wildman–Crippen LogP) is 1.15. The van der Waals surface area contributed by atoms with Crippen molar-refractivity contribution in [3.05, 3.63) is 0 Å². The van der Waals surface area contributed by atoms with Crippen molar-refractivity contribution in [3.8, 4) is 0 Å². The van der Waals surface area contributed by atoms with Crippen LogP contribution in [0.2, 0.25) is 0 Å². The highest BCUT2D eigenvalue weighted by Crippen LogP contribution is 2.46. The lowest BCUT2D eigenvalue weighted by Crippen LogP contribution is -2.54. The van der Waals surface area contributed by atoms with E-state index in [1.165, 1.54) is 0 Å². The van der Waals surface area contributed by atoms with Gasteiger partial charge in [-0.15, -0.1) is 0 Å². The van der Waals surface area contributed by atoms with Gasteiger partial charge >= 0.3 is 18.0 Å². The summed E-state index contributed by atoms with van der Waals surface area (Å²) in [5.41, 5.74) is -1.13. The number of amides is 6. The van der Waals surface area contributed by atoms with Gasteiger partial charge in [0.2, 0.25) is 0 Å². The molecular weight excluding hydrogens is 392 g/mol. The number of hydrogen-bond acceptors (Lipinski definition) is 6. The van der Waals surface area contributed by atoms with Crippen molar-refractivity contribution in [1.29, 1.82) is 0 Å². The first-order valence-corrected chi connectivity index (χ1v) is 10.2. The largest absolute Gasteiger partial charge is 0.454 e. The number of nitrogens with zero attached hydrogens (tertiary/aromatic N) is 1. The molecule has 1 aliphatic carbocycles. The van der Waals surface area contributed by atoms with Crippen LogP contribution in [0.15, 0.2) is 0 Å². The van der Waals surface area contributed by atoms with Gasteiger partial charge < -0.3 is 15.4 Å². The fourth-order valence-electron chi connectivity index (χ4n) is 4.47. The zero-order chi connectivity index (χ0) is 22.7. The Morgan fingerprint density at radius 3 is 2.50 bits per heavy atom. The lowest BCUT2D eigenvalue weighted by atomic mass is 9.64. The molecular formula is C20H32N4O6. The van der Waals surface area contributed by atoms with E-state index in [-0.39, 0.29) is 17.3 Å². The molecule has 2 fully saturated rings. The molecule has 0 aromatic carbocycles. The maximum absolute atomic E-state index is 13.0. The summed E-state index contributed by atoms with van der Waals surface area (Å²) in [6.45, 7) is 9.06. The smallest absolute Gasteiger partial charge is 0.326 e. The van der Waals surface area contributed by atoms with Crippen LogP contribution in [0.1, 0.15) is 53.9 Å². The van der Waals surface area contributed by atoms with E-state index in [1.54, 1.807) is 0 Å². The van der Waals surface area contributed by atoms with Gasteiger partial charge in [0.05, 0.1) is 0 Å². The summed E-state index contributed by atoms with van der Waals surface area (Å²) >= 11 is 0. The quantitative estimate of drug-likeness (QED) is 0.433. The minimum absolute atomic E-state index is 0.120. The molecule has 168 valence electrons. The third-order valence-electron chi connectivity index (χ3n) is 5.20. The summed E-state index contributed by atoms with van der Waals surface area (Å²) in [6, 6.07) is -1.32. The number of nitrogens with one attached hydrogen (secondary N) is 3. The minimum atomic E-state index is -1.01. The lowest BCUT2D eigenvalue weighted by molar-refractivity contribution is -0.151. The van der Waals surface area contributed by atoms with Crippen molar-refractivity contribution in [2.24, 2.45) is 17.3 Å². The third kappa shape index (κ3) is 5.93. The summed E-state index contributed by atoms with van der Waals surface area (Å²) < 4.78 is 4.82. The van der Waals surface area contributed by atoms with E-state index in [2.05, 4.69) is 24.5 Å². The molecule has 10 nitrogen and oxygen atoms in total. The summed E-state index contributed by atoms with van der Waals surface area (Å²) in [4.78, 5) is 61.5. The van der Waals surface area contributed by atoms with Gasteiger partial charge in [-0.2, -0.15) is 0 Å². The number of ether oxygens (including phenoxy) is 1. The zero-order valence-electron chi connectivity index (χ0n) is 18.3. The summed E-state index contributed by atoms with van der Waals surface area (Å²) in [5, 5.41) is 7.31. The molecule has 2 rings (SSSR count). The van der Waals surface area contributed by atoms with E-state index in [1.807, 2.05) is 26.1 Å². The number of esters is 1. The van der Waals surface area contributed by atoms with Gasteiger partial charge in [-0.05, 0) is 36.5 Å². The molecule has 1 spiro atoms. The van der Waals surface area contributed by atoms with Gasteiger partial charge in [0.1, 0.15) is 12.1 Å². The lowest BCUT2D eigenvalue weighted by Gasteiger charge is -2.43. The zero-order valence-corrected chi connectivity index (χ0v) is 18.3. The maximum atomic E-state index is 13.0. The van der Waals surface area contributed by atoms with Gasteiger partial charge in [0.25, 0.3) is 11.8 Å². The van der Waals surface area contributed by atoms with Crippen LogP contribution in [0.25, 0.3) is 0 Å². The summed E-state index contributed by atoms with van der Waals surface area (Å²) in [7, 11) is 0. The van der Waals surface area contributed by atoms with Crippen molar-refractivity contribution >= 4 is 29.8 Å². The van der Waals surface area contributed by atoms with E-state index in [4.69, 9.17) is 4.74 Å². The Balaban J connectivity index is 1.87. The molecule has 1 saturated heterocycles. The molecule has 0 unspecified atom stereocenters. The first-order chi connectivity index (χ1) is 13.8. The maximum Gasteiger partial charge on any atom is 0.326 e. The Hall–Kier alpha value is -2.65. The molecule has 30 heavy (non-hydrogen) atoms. The number of hydrogen-bond donors (Lipinski definition) is 3. The van der Waals surface area contributed by atoms with Crippen LogP contribution in [0.5, 0.6) is 0 Å². The molecule has 10 heteroatoms. The van der Waals surface area contributed by atoms with Crippen LogP contribution in [-0.2, 0) is 19.1 Å². The molecule has 3 N–H and O–H groups in total. The Morgan fingerprint density at radius 1 is 1.23 bits per heavy atom. The van der Waals surface area contributed by atoms with Crippen LogP contribution >= 0.6 is 0 Å². The second-order valence-electron chi connectivity index (χ2n) is 9.57. The molecule has 0 aromatic rings. The first-order valence-electron chi connectivity index (χ1n) is 10.2. The molecule has 2 atom stereocenters. The molecule has 0 bridgehead atoms. The topological polar surface area (TPSA) is 134 Å². The molecule has 6 amide bonds. The minimum Gasteiger partial charge on any atom is -0.454 e. The number of carbonyl (C=O) groups excluding carboxylic acids is 5. The van der Waals surface area contributed by atoms with Gasteiger partial charge in [-0.3, -0.25) is 24.6 Å². The molecule has 1 aliphatic heterocycles. The van der Waals surface area contributed by atoms with Crippen LogP contribution in [0.4, 0.5) is 9.59 Å². The second kappa shape index (κ2) is 9.01. The monoisotopic (exact) mass is 424 g/mol. The number of rotatable bonds is 6. The van der Waals surface area contributed by atoms with Gasteiger partial charge in [0.15, 0.2) is 6.61 Å². The number of urea groups is 2. The van der Waals surface area contributed by atoms with E-state index in [0.29, 0.717) is 19.4 Å². The van der Waals surface area contributed by atoms with Gasteiger partial charge in [-0.1, -0.05) is 34.6 Å². The van der Waals surface area contributed by atoms with Gasteiger partial charge in [0, 0.05) is 6.54 Å². The molecule has 2 aliphatic rings. The highest BCUT2D eigenvalue weighted by molar-refractivity contribution is 6.09. The Kier molecular flexibility index (Phi) is 7.10. The number of carbonyl (C=O) groups is 5. The average molecular weight is 424 g/mol. The second-order valence-corrected chi connectivity index (χ2v) is 9.57. The molecule has 1 saturated carbocycles. The van der Waals surface area contributed by atoms with Crippen LogP contribution in [0.3, 0.4) is 0 Å². The van der Waals surface area contributed by atoms with Crippen molar-refractivity contribution in [1.82, 2.24) is 20.9 Å². The summed E-state index contributed by atoms with van der Waals surface area (Å²) in [6.07, 6.45) is 1.95.